The van der Waals surface area contributed by atoms with E-state index in [4.69, 9.17) is 0 Å². The topological polar surface area (TPSA) is 58.2 Å². The van der Waals surface area contributed by atoms with Crippen molar-refractivity contribution in [2.24, 2.45) is 5.92 Å². The molecule has 0 aromatic heterocycles. The minimum atomic E-state index is -0.239. The largest absolute Gasteiger partial charge is 0.352 e. The van der Waals surface area contributed by atoms with E-state index in [0.29, 0.717) is 17.9 Å². The zero-order chi connectivity index (χ0) is 16.4. The predicted molar refractivity (Wildman–Crippen MR) is 91.6 cm³/mol. The lowest BCUT2D eigenvalue weighted by molar-refractivity contribution is -0.117. The van der Waals surface area contributed by atoms with Crippen molar-refractivity contribution in [1.82, 2.24) is 5.32 Å². The number of nitrogens with one attached hydrogen (secondary N) is 2. The van der Waals surface area contributed by atoms with Gasteiger partial charge in [-0.05, 0) is 42.5 Å². The van der Waals surface area contributed by atoms with E-state index in [0.717, 1.165) is 17.8 Å². The van der Waals surface area contributed by atoms with Crippen molar-refractivity contribution in [1.29, 1.82) is 0 Å². The van der Waals surface area contributed by atoms with Crippen molar-refractivity contribution >= 4 is 17.5 Å². The van der Waals surface area contributed by atoms with Crippen molar-refractivity contribution in [2.45, 2.75) is 57.8 Å². The lowest BCUT2D eigenvalue weighted by Crippen LogP contribution is -2.34. The third-order valence-electron chi connectivity index (χ3n) is 5.16. The van der Waals surface area contributed by atoms with Crippen LogP contribution in [-0.4, -0.2) is 18.4 Å². The molecule has 0 saturated heterocycles. The highest BCUT2D eigenvalue weighted by atomic mass is 16.2. The number of hydrogen-bond donors (Lipinski definition) is 2. The van der Waals surface area contributed by atoms with Gasteiger partial charge in [0.2, 0.25) is 5.91 Å². The molecule has 0 atom stereocenters. The van der Waals surface area contributed by atoms with E-state index in [2.05, 4.69) is 10.6 Å². The minimum absolute atomic E-state index is 0.00827. The van der Waals surface area contributed by atoms with Crippen LogP contribution in [0.25, 0.3) is 0 Å². The van der Waals surface area contributed by atoms with Crippen LogP contribution < -0.4 is 10.6 Å². The summed E-state index contributed by atoms with van der Waals surface area (Å²) in [5.41, 5.74) is 2.32. The average molecular weight is 314 g/mol. The molecule has 2 amide bonds. The Kier molecular flexibility index (Phi) is 4.42. The van der Waals surface area contributed by atoms with Gasteiger partial charge in [0.1, 0.15) is 0 Å². The minimum Gasteiger partial charge on any atom is -0.352 e. The van der Waals surface area contributed by atoms with Gasteiger partial charge in [-0.3, -0.25) is 9.59 Å². The van der Waals surface area contributed by atoms with Gasteiger partial charge in [0.05, 0.1) is 0 Å². The molecule has 1 heterocycles. The highest BCUT2D eigenvalue weighted by Crippen LogP contribution is 2.37. The molecular weight excluding hydrogens is 288 g/mol. The smallest absolute Gasteiger partial charge is 0.251 e. The number of rotatable bonds is 3. The summed E-state index contributed by atoms with van der Waals surface area (Å²) >= 11 is 0. The molecule has 124 valence electrons. The van der Waals surface area contributed by atoms with Crippen LogP contribution in [0, 0.1) is 5.92 Å². The molecule has 0 unspecified atom stereocenters. The Bertz CT molecular complexity index is 616. The van der Waals surface area contributed by atoms with Crippen LogP contribution in [0.3, 0.4) is 0 Å². The number of carbonyl (C=O) groups excluding carboxylic acids is 2. The second-order valence-corrected chi connectivity index (χ2v) is 7.58. The Morgan fingerprint density at radius 3 is 2.74 bits per heavy atom. The van der Waals surface area contributed by atoms with Gasteiger partial charge in [0.15, 0.2) is 0 Å². The molecule has 4 heteroatoms. The molecule has 3 rings (SSSR count). The maximum absolute atomic E-state index is 12.5. The zero-order valence-corrected chi connectivity index (χ0v) is 14.1. The molecule has 2 N–H and O–H groups in total. The van der Waals surface area contributed by atoms with Crippen LogP contribution in [0.15, 0.2) is 18.2 Å². The fourth-order valence-corrected chi connectivity index (χ4v) is 3.78. The van der Waals surface area contributed by atoms with Gasteiger partial charge < -0.3 is 10.6 Å². The van der Waals surface area contributed by atoms with E-state index in [1.54, 1.807) is 6.07 Å². The first-order valence-corrected chi connectivity index (χ1v) is 8.68. The molecule has 1 fully saturated rings. The van der Waals surface area contributed by atoms with E-state index in [1.165, 1.54) is 32.1 Å². The standard InChI is InChI=1S/C19H26N2O2/c1-19(2)11-17(22)21-16-9-8-14(10-15(16)19)18(23)20-12-13-6-4-3-5-7-13/h8-10,13H,3-7,11-12H2,1-2H3,(H,20,23)(H,21,22). The van der Waals surface area contributed by atoms with Crippen LogP contribution in [0.2, 0.25) is 0 Å². The molecule has 1 aromatic rings. The van der Waals surface area contributed by atoms with Crippen molar-refractivity contribution in [3.8, 4) is 0 Å². The Morgan fingerprint density at radius 2 is 2.00 bits per heavy atom. The van der Waals surface area contributed by atoms with Gasteiger partial charge in [-0.15, -0.1) is 0 Å². The second-order valence-electron chi connectivity index (χ2n) is 7.58. The molecule has 1 aromatic carbocycles. The van der Waals surface area contributed by atoms with Gasteiger partial charge in [0, 0.05) is 29.6 Å². The molecule has 1 aliphatic carbocycles. The van der Waals surface area contributed by atoms with Gasteiger partial charge >= 0.3 is 0 Å². The molecule has 0 spiro atoms. The van der Waals surface area contributed by atoms with Crippen LogP contribution in [0.5, 0.6) is 0 Å². The fraction of sp³-hybridized carbons (Fsp3) is 0.579. The predicted octanol–water partition coefficient (Wildman–Crippen LogP) is 3.62. The van der Waals surface area contributed by atoms with E-state index in [-0.39, 0.29) is 17.2 Å². The Morgan fingerprint density at radius 1 is 1.26 bits per heavy atom. The van der Waals surface area contributed by atoms with Crippen LogP contribution in [-0.2, 0) is 10.2 Å². The Hall–Kier alpha value is -1.84. The second kappa shape index (κ2) is 6.34. The summed E-state index contributed by atoms with van der Waals surface area (Å²) < 4.78 is 0. The normalized spacial score (nSPS) is 20.5. The number of amides is 2. The van der Waals surface area contributed by atoms with E-state index >= 15 is 0 Å². The fourth-order valence-electron chi connectivity index (χ4n) is 3.78. The third kappa shape index (κ3) is 3.57. The van der Waals surface area contributed by atoms with E-state index in [1.807, 2.05) is 26.0 Å². The number of anilines is 1. The molecule has 0 bridgehead atoms. The van der Waals surface area contributed by atoms with Gasteiger partial charge in [-0.2, -0.15) is 0 Å². The van der Waals surface area contributed by atoms with E-state index in [9.17, 15) is 9.59 Å². The summed E-state index contributed by atoms with van der Waals surface area (Å²) in [4.78, 5) is 24.2. The first-order chi connectivity index (χ1) is 11.0. The van der Waals surface area contributed by atoms with Crippen molar-refractivity contribution < 1.29 is 9.59 Å². The molecule has 0 radical (unpaired) electrons. The Labute approximate surface area is 138 Å². The quantitative estimate of drug-likeness (QED) is 0.895. The summed E-state index contributed by atoms with van der Waals surface area (Å²) in [6.07, 6.45) is 6.80. The molecule has 4 nitrogen and oxygen atoms in total. The summed E-state index contributed by atoms with van der Waals surface area (Å²) in [6, 6.07) is 5.59. The van der Waals surface area contributed by atoms with Gasteiger partial charge in [-0.25, -0.2) is 0 Å². The summed E-state index contributed by atoms with van der Waals surface area (Å²) in [6.45, 7) is 4.87. The Balaban J connectivity index is 1.71. The third-order valence-corrected chi connectivity index (χ3v) is 5.16. The number of carbonyl (C=O) groups is 2. The van der Waals surface area contributed by atoms with Crippen molar-refractivity contribution in [3.63, 3.8) is 0 Å². The highest BCUT2D eigenvalue weighted by molar-refractivity contribution is 5.98. The lowest BCUT2D eigenvalue weighted by Gasteiger charge is -2.32. The molecule has 23 heavy (non-hydrogen) atoms. The number of benzene rings is 1. The first kappa shape index (κ1) is 16.0. The first-order valence-electron chi connectivity index (χ1n) is 8.68. The lowest BCUT2D eigenvalue weighted by atomic mass is 9.77. The van der Waals surface area contributed by atoms with Crippen molar-refractivity contribution in [2.75, 3.05) is 11.9 Å². The van der Waals surface area contributed by atoms with E-state index < -0.39 is 0 Å². The highest BCUT2D eigenvalue weighted by Gasteiger charge is 2.32. The molecule has 2 aliphatic rings. The van der Waals surface area contributed by atoms with Gasteiger partial charge in [-0.1, -0.05) is 33.1 Å². The molecular formula is C19H26N2O2. The number of fused-ring (bicyclic) bond motifs is 1. The average Bonchev–Trinajstić information content (AvgIpc) is 2.52. The monoisotopic (exact) mass is 314 g/mol. The number of hydrogen-bond acceptors (Lipinski definition) is 2. The maximum Gasteiger partial charge on any atom is 0.251 e. The maximum atomic E-state index is 12.5. The summed E-state index contributed by atoms with van der Waals surface area (Å²) in [5, 5.41) is 5.98. The molecule has 1 aliphatic heterocycles. The summed E-state index contributed by atoms with van der Waals surface area (Å²) in [7, 11) is 0. The van der Waals surface area contributed by atoms with Crippen LogP contribution in [0.1, 0.15) is 68.3 Å². The van der Waals surface area contributed by atoms with Crippen molar-refractivity contribution in [3.05, 3.63) is 29.3 Å². The zero-order valence-electron chi connectivity index (χ0n) is 14.1. The SMILES string of the molecule is CC1(C)CC(=O)Nc2ccc(C(=O)NCC3CCCCC3)cc21. The van der Waals surface area contributed by atoms with Crippen LogP contribution in [0.4, 0.5) is 5.69 Å². The summed E-state index contributed by atoms with van der Waals surface area (Å²) in [5.74, 6) is 0.657. The van der Waals surface area contributed by atoms with Crippen LogP contribution >= 0.6 is 0 Å². The molecule has 1 saturated carbocycles. The van der Waals surface area contributed by atoms with Gasteiger partial charge in [0.25, 0.3) is 5.91 Å².